The Labute approximate surface area is 141 Å². The third kappa shape index (κ3) is 2.43. The number of carbonyl (C=O) groups is 1. The van der Waals surface area contributed by atoms with Gasteiger partial charge in [0.25, 0.3) is 5.91 Å². The van der Waals surface area contributed by atoms with E-state index in [1.54, 1.807) is 24.3 Å². The van der Waals surface area contributed by atoms with Crippen LogP contribution in [0.3, 0.4) is 0 Å². The second kappa shape index (κ2) is 5.50. The lowest BCUT2D eigenvalue weighted by Crippen LogP contribution is -2.11. The second-order valence-electron chi connectivity index (χ2n) is 5.20. The number of H-pyrrole nitrogens is 1. The number of nitrogens with one attached hydrogen (secondary N) is 1. The van der Waals surface area contributed by atoms with Gasteiger partial charge in [-0.05, 0) is 36.4 Å². The van der Waals surface area contributed by atoms with Crippen molar-refractivity contribution >= 4 is 28.5 Å². The molecule has 0 aliphatic rings. The van der Waals surface area contributed by atoms with Gasteiger partial charge in [0.1, 0.15) is 17.5 Å². The Hall–Kier alpha value is -3.12. The molecular weight excluding hydrogens is 328 g/mol. The number of primary amides is 1. The first kappa shape index (κ1) is 14.5. The predicted molar refractivity (Wildman–Crippen MR) is 90.6 cm³/mol. The Morgan fingerprint density at radius 1 is 1.12 bits per heavy atom. The van der Waals surface area contributed by atoms with Gasteiger partial charge in [-0.1, -0.05) is 17.7 Å². The van der Waals surface area contributed by atoms with E-state index in [9.17, 15) is 4.79 Å². The Balaban J connectivity index is 1.77. The number of aromatic amines is 1. The van der Waals surface area contributed by atoms with Gasteiger partial charge >= 0.3 is 0 Å². The van der Waals surface area contributed by atoms with Crippen molar-refractivity contribution in [2.45, 2.75) is 0 Å². The molecule has 0 saturated carbocycles. The quantitative estimate of drug-likeness (QED) is 0.595. The summed E-state index contributed by atoms with van der Waals surface area (Å²) in [7, 11) is 0. The van der Waals surface area contributed by atoms with E-state index in [-0.39, 0.29) is 0 Å². The zero-order valence-electron chi connectivity index (χ0n) is 12.3. The Bertz CT molecular complexity index is 1050. The largest absolute Gasteiger partial charge is 0.444 e. The minimum atomic E-state index is -0.527. The maximum Gasteiger partial charge on any atom is 0.250 e. The normalized spacial score (nSPS) is 11.0. The van der Waals surface area contributed by atoms with Crippen molar-refractivity contribution in [1.82, 2.24) is 15.0 Å². The molecule has 0 aliphatic carbocycles. The van der Waals surface area contributed by atoms with Gasteiger partial charge in [-0.15, -0.1) is 0 Å². The highest BCUT2D eigenvalue weighted by molar-refractivity contribution is 6.30. The first-order valence-electron chi connectivity index (χ1n) is 7.12. The zero-order valence-corrected chi connectivity index (χ0v) is 13.0. The fraction of sp³-hybridized carbons (Fsp3) is 0. The lowest BCUT2D eigenvalue weighted by Gasteiger charge is -1.94. The molecule has 4 aromatic rings. The van der Waals surface area contributed by atoms with E-state index in [1.165, 1.54) is 6.26 Å². The van der Waals surface area contributed by atoms with Crippen LogP contribution in [0, 0.1) is 0 Å². The minimum absolute atomic E-state index is 0.358. The number of amides is 1. The number of nitrogens with zero attached hydrogens (tertiary/aromatic N) is 2. The summed E-state index contributed by atoms with van der Waals surface area (Å²) in [6.07, 6.45) is 1.51. The molecule has 2 heterocycles. The SMILES string of the molecule is NC(=O)c1cccc2[nH]c(-c3coc(-c4ccc(Cl)cc4)n3)nc12. The van der Waals surface area contributed by atoms with Crippen LogP contribution in [0.1, 0.15) is 10.4 Å². The van der Waals surface area contributed by atoms with Crippen molar-refractivity contribution in [3.8, 4) is 23.0 Å². The van der Waals surface area contributed by atoms with Crippen molar-refractivity contribution in [3.63, 3.8) is 0 Å². The molecule has 24 heavy (non-hydrogen) atoms. The lowest BCUT2D eigenvalue weighted by molar-refractivity contribution is 0.100. The summed E-state index contributed by atoms with van der Waals surface area (Å²) in [6.45, 7) is 0. The Kier molecular flexibility index (Phi) is 3.32. The monoisotopic (exact) mass is 338 g/mol. The number of benzene rings is 2. The number of carbonyl (C=O) groups excluding carboxylic acids is 1. The number of imidazole rings is 1. The third-order valence-corrected chi connectivity index (χ3v) is 3.87. The third-order valence-electron chi connectivity index (χ3n) is 3.62. The lowest BCUT2D eigenvalue weighted by atomic mass is 10.2. The number of halogens is 1. The van der Waals surface area contributed by atoms with Gasteiger partial charge in [-0.3, -0.25) is 4.79 Å². The summed E-state index contributed by atoms with van der Waals surface area (Å²) >= 11 is 5.88. The van der Waals surface area contributed by atoms with Crippen molar-refractivity contribution in [2.75, 3.05) is 0 Å². The van der Waals surface area contributed by atoms with Crippen LogP contribution >= 0.6 is 11.6 Å². The van der Waals surface area contributed by atoms with E-state index in [4.69, 9.17) is 21.8 Å². The maximum atomic E-state index is 11.5. The molecule has 0 saturated heterocycles. The average molecular weight is 339 g/mol. The first-order valence-corrected chi connectivity index (χ1v) is 7.50. The molecule has 0 atom stereocenters. The maximum absolute atomic E-state index is 11.5. The van der Waals surface area contributed by atoms with Gasteiger partial charge in [0.2, 0.25) is 5.89 Å². The number of rotatable bonds is 3. The number of hydrogen-bond donors (Lipinski definition) is 2. The van der Waals surface area contributed by atoms with Crippen molar-refractivity contribution in [3.05, 3.63) is 59.3 Å². The number of para-hydroxylation sites is 1. The molecule has 0 aliphatic heterocycles. The second-order valence-corrected chi connectivity index (χ2v) is 5.63. The van der Waals surface area contributed by atoms with Crippen molar-refractivity contribution < 1.29 is 9.21 Å². The molecule has 0 bridgehead atoms. The average Bonchev–Trinajstić information content (AvgIpc) is 3.21. The van der Waals surface area contributed by atoms with Gasteiger partial charge < -0.3 is 15.1 Å². The van der Waals surface area contributed by atoms with Crippen molar-refractivity contribution in [2.24, 2.45) is 5.73 Å². The molecule has 2 aromatic carbocycles. The molecule has 3 N–H and O–H groups in total. The van der Waals surface area contributed by atoms with E-state index in [0.29, 0.717) is 39.0 Å². The smallest absolute Gasteiger partial charge is 0.250 e. The van der Waals surface area contributed by atoms with E-state index in [0.717, 1.165) is 5.56 Å². The fourth-order valence-electron chi connectivity index (χ4n) is 2.46. The molecule has 0 unspecified atom stereocenters. The highest BCUT2D eigenvalue weighted by atomic mass is 35.5. The number of aromatic nitrogens is 3. The molecule has 118 valence electrons. The molecule has 0 fully saturated rings. The summed E-state index contributed by atoms with van der Waals surface area (Å²) in [4.78, 5) is 23.5. The van der Waals surface area contributed by atoms with E-state index in [1.807, 2.05) is 18.2 Å². The van der Waals surface area contributed by atoms with Crippen LogP contribution in [-0.4, -0.2) is 20.9 Å². The number of fused-ring (bicyclic) bond motifs is 1. The number of oxazole rings is 1. The molecule has 1 amide bonds. The van der Waals surface area contributed by atoms with Crippen LogP contribution in [0.4, 0.5) is 0 Å². The van der Waals surface area contributed by atoms with Crippen LogP contribution < -0.4 is 5.73 Å². The Morgan fingerprint density at radius 2 is 1.92 bits per heavy atom. The highest BCUT2D eigenvalue weighted by Gasteiger charge is 2.15. The topological polar surface area (TPSA) is 97.8 Å². The zero-order chi connectivity index (χ0) is 16.7. The Morgan fingerprint density at radius 3 is 2.67 bits per heavy atom. The van der Waals surface area contributed by atoms with Crippen LogP contribution in [0.15, 0.2) is 53.1 Å². The standard InChI is InChI=1S/C17H11ClN4O2/c18-10-6-4-9(5-7-10)17-21-13(8-24-17)16-20-12-3-1-2-11(15(19)23)14(12)22-16/h1-8H,(H2,19,23)(H,20,22). The summed E-state index contributed by atoms with van der Waals surface area (Å²) < 4.78 is 5.51. The summed E-state index contributed by atoms with van der Waals surface area (Å²) in [6, 6.07) is 12.4. The van der Waals surface area contributed by atoms with Gasteiger partial charge in [0.15, 0.2) is 5.82 Å². The molecule has 0 radical (unpaired) electrons. The van der Waals surface area contributed by atoms with E-state index < -0.39 is 5.91 Å². The van der Waals surface area contributed by atoms with Crippen LogP contribution in [0.2, 0.25) is 5.02 Å². The van der Waals surface area contributed by atoms with Gasteiger partial charge in [-0.25, -0.2) is 9.97 Å². The van der Waals surface area contributed by atoms with Gasteiger partial charge in [-0.2, -0.15) is 0 Å². The van der Waals surface area contributed by atoms with Crippen LogP contribution in [0.5, 0.6) is 0 Å². The number of nitrogens with two attached hydrogens (primary N) is 1. The highest BCUT2D eigenvalue weighted by Crippen LogP contribution is 2.26. The number of hydrogen-bond acceptors (Lipinski definition) is 4. The predicted octanol–water partition coefficient (Wildman–Crippen LogP) is 3.64. The summed E-state index contributed by atoms with van der Waals surface area (Å²) in [5, 5.41) is 0.641. The van der Waals surface area contributed by atoms with Crippen LogP contribution in [0.25, 0.3) is 34.0 Å². The molecule has 4 rings (SSSR count). The van der Waals surface area contributed by atoms with Gasteiger partial charge in [0.05, 0.1) is 11.1 Å². The molecule has 7 heteroatoms. The van der Waals surface area contributed by atoms with E-state index >= 15 is 0 Å². The summed E-state index contributed by atoms with van der Waals surface area (Å²) in [5.41, 5.74) is 8.30. The molecule has 0 spiro atoms. The van der Waals surface area contributed by atoms with Crippen LogP contribution in [-0.2, 0) is 0 Å². The van der Waals surface area contributed by atoms with Gasteiger partial charge in [0, 0.05) is 10.6 Å². The molecule has 6 nitrogen and oxygen atoms in total. The van der Waals surface area contributed by atoms with Crippen molar-refractivity contribution in [1.29, 1.82) is 0 Å². The fourth-order valence-corrected chi connectivity index (χ4v) is 2.59. The summed E-state index contributed by atoms with van der Waals surface area (Å²) in [5.74, 6) is 0.431. The van der Waals surface area contributed by atoms with E-state index in [2.05, 4.69) is 15.0 Å². The molecular formula is C17H11ClN4O2. The minimum Gasteiger partial charge on any atom is -0.444 e. The first-order chi connectivity index (χ1) is 11.6. The molecule has 2 aromatic heterocycles.